The zero-order valence-corrected chi connectivity index (χ0v) is 12.3. The average Bonchev–Trinajstić information content (AvgIpc) is 2.68. The molecule has 2 unspecified atom stereocenters. The number of benzene rings is 1. The van der Waals surface area contributed by atoms with Crippen LogP contribution in [0.4, 0.5) is 4.39 Å². The molecule has 0 heterocycles. The monoisotopic (exact) mass is 265 g/mol. The average molecular weight is 265 g/mol. The number of ether oxygens (including phenoxy) is 1. The molecule has 1 aromatic rings. The molecule has 1 N–H and O–H groups in total. The van der Waals surface area contributed by atoms with E-state index in [1.807, 2.05) is 13.0 Å². The van der Waals surface area contributed by atoms with Crippen molar-refractivity contribution >= 4 is 0 Å². The van der Waals surface area contributed by atoms with Crippen molar-refractivity contribution in [2.24, 2.45) is 5.41 Å². The summed E-state index contributed by atoms with van der Waals surface area (Å²) in [5.74, 6) is 0.422. The van der Waals surface area contributed by atoms with Crippen LogP contribution in [-0.2, 0) is 0 Å². The maximum Gasteiger partial charge on any atom is 0.131 e. The number of halogens is 1. The Balaban J connectivity index is 2.18. The van der Waals surface area contributed by atoms with Gasteiger partial charge in [0.25, 0.3) is 0 Å². The smallest absolute Gasteiger partial charge is 0.131 e. The molecule has 106 valence electrons. The first-order valence-electron chi connectivity index (χ1n) is 7.04. The third kappa shape index (κ3) is 2.92. The van der Waals surface area contributed by atoms with E-state index in [2.05, 4.69) is 19.2 Å². The molecule has 0 aliphatic heterocycles. The highest BCUT2D eigenvalue weighted by atomic mass is 19.1. The van der Waals surface area contributed by atoms with Crippen LogP contribution in [0.25, 0.3) is 0 Å². The van der Waals surface area contributed by atoms with Crippen molar-refractivity contribution in [3.8, 4) is 5.75 Å². The van der Waals surface area contributed by atoms with E-state index in [-0.39, 0.29) is 17.3 Å². The SMILES string of the molecule is COc1cccc(F)c1C(C)NC1CCCC1(C)C. The highest BCUT2D eigenvalue weighted by Gasteiger charge is 2.35. The Kier molecular flexibility index (Phi) is 4.14. The van der Waals surface area contributed by atoms with Gasteiger partial charge in [-0.15, -0.1) is 0 Å². The summed E-state index contributed by atoms with van der Waals surface area (Å²) in [5.41, 5.74) is 0.917. The van der Waals surface area contributed by atoms with Gasteiger partial charge in [0, 0.05) is 17.6 Å². The van der Waals surface area contributed by atoms with Crippen LogP contribution in [0, 0.1) is 11.2 Å². The predicted molar refractivity (Wildman–Crippen MR) is 75.9 cm³/mol. The number of nitrogens with one attached hydrogen (secondary N) is 1. The van der Waals surface area contributed by atoms with Gasteiger partial charge < -0.3 is 10.1 Å². The lowest BCUT2D eigenvalue weighted by molar-refractivity contribution is 0.262. The number of methoxy groups -OCH3 is 1. The first kappa shape index (κ1) is 14.3. The summed E-state index contributed by atoms with van der Waals surface area (Å²) in [5, 5.41) is 3.58. The molecule has 1 aromatic carbocycles. The molecule has 0 saturated heterocycles. The van der Waals surface area contributed by atoms with E-state index in [1.54, 1.807) is 13.2 Å². The van der Waals surface area contributed by atoms with E-state index < -0.39 is 0 Å². The van der Waals surface area contributed by atoms with Gasteiger partial charge in [0.1, 0.15) is 11.6 Å². The fourth-order valence-electron chi connectivity index (χ4n) is 3.14. The molecule has 3 heteroatoms. The lowest BCUT2D eigenvalue weighted by Gasteiger charge is -2.31. The number of rotatable bonds is 4. The third-order valence-corrected chi connectivity index (χ3v) is 4.37. The molecule has 0 aromatic heterocycles. The van der Waals surface area contributed by atoms with Crippen LogP contribution in [0.5, 0.6) is 5.75 Å². The van der Waals surface area contributed by atoms with Crippen LogP contribution < -0.4 is 10.1 Å². The Morgan fingerprint density at radius 3 is 2.74 bits per heavy atom. The topological polar surface area (TPSA) is 21.3 Å². The minimum absolute atomic E-state index is 0.0430. The highest BCUT2D eigenvalue weighted by Crippen LogP contribution is 2.39. The van der Waals surface area contributed by atoms with Crippen LogP contribution in [0.2, 0.25) is 0 Å². The zero-order valence-electron chi connectivity index (χ0n) is 12.3. The number of hydrogen-bond donors (Lipinski definition) is 1. The van der Waals surface area contributed by atoms with Gasteiger partial charge >= 0.3 is 0 Å². The molecule has 2 rings (SSSR count). The predicted octanol–water partition coefficient (Wildman–Crippen LogP) is 4.06. The van der Waals surface area contributed by atoms with E-state index in [0.717, 1.165) is 6.42 Å². The van der Waals surface area contributed by atoms with Crippen LogP contribution in [-0.4, -0.2) is 13.2 Å². The lowest BCUT2D eigenvalue weighted by Crippen LogP contribution is -2.39. The second-order valence-electron chi connectivity index (χ2n) is 6.18. The molecule has 1 aliphatic rings. The molecule has 19 heavy (non-hydrogen) atoms. The van der Waals surface area contributed by atoms with Crippen molar-refractivity contribution in [1.82, 2.24) is 5.32 Å². The van der Waals surface area contributed by atoms with E-state index in [0.29, 0.717) is 17.4 Å². The molecule has 1 aliphatic carbocycles. The summed E-state index contributed by atoms with van der Waals surface area (Å²) in [6.07, 6.45) is 3.63. The maximum atomic E-state index is 14.0. The molecular weight excluding hydrogens is 241 g/mol. The van der Waals surface area contributed by atoms with E-state index in [1.165, 1.54) is 18.9 Å². The Morgan fingerprint density at radius 1 is 1.42 bits per heavy atom. The summed E-state index contributed by atoms with van der Waals surface area (Å²) in [4.78, 5) is 0. The first-order chi connectivity index (χ1) is 8.95. The van der Waals surface area contributed by atoms with Crippen LogP contribution in [0.3, 0.4) is 0 Å². The van der Waals surface area contributed by atoms with Crippen molar-refractivity contribution in [3.05, 3.63) is 29.6 Å². The molecule has 2 atom stereocenters. The van der Waals surface area contributed by atoms with Crippen LogP contribution >= 0.6 is 0 Å². The quantitative estimate of drug-likeness (QED) is 0.886. The minimum atomic E-state index is -0.199. The molecule has 0 spiro atoms. The standard InChI is InChI=1S/C16H24FNO/c1-11(18-14-9-6-10-16(14,2)3)15-12(17)7-5-8-13(15)19-4/h5,7-8,11,14,18H,6,9-10H2,1-4H3. The maximum absolute atomic E-state index is 14.0. The van der Waals surface area contributed by atoms with E-state index in [9.17, 15) is 4.39 Å². The summed E-state index contributed by atoms with van der Waals surface area (Å²) in [6.45, 7) is 6.57. The molecular formula is C16H24FNO. The second-order valence-corrected chi connectivity index (χ2v) is 6.18. The molecule has 1 fully saturated rings. The second kappa shape index (κ2) is 5.49. The molecule has 1 saturated carbocycles. The number of hydrogen-bond acceptors (Lipinski definition) is 2. The normalized spacial score (nSPS) is 23.3. The molecule has 0 bridgehead atoms. The Labute approximate surface area is 115 Å². The van der Waals surface area contributed by atoms with Gasteiger partial charge in [-0.2, -0.15) is 0 Å². The summed E-state index contributed by atoms with van der Waals surface area (Å²) in [7, 11) is 1.59. The van der Waals surface area contributed by atoms with Gasteiger partial charge in [-0.3, -0.25) is 0 Å². The lowest BCUT2D eigenvalue weighted by atomic mass is 9.86. The van der Waals surface area contributed by atoms with Gasteiger partial charge in [0.15, 0.2) is 0 Å². The van der Waals surface area contributed by atoms with Crippen molar-refractivity contribution in [2.45, 2.75) is 52.1 Å². The van der Waals surface area contributed by atoms with Gasteiger partial charge in [0.05, 0.1) is 7.11 Å². The minimum Gasteiger partial charge on any atom is -0.496 e. The van der Waals surface area contributed by atoms with E-state index >= 15 is 0 Å². The molecule has 0 amide bonds. The Morgan fingerprint density at radius 2 is 2.16 bits per heavy atom. The fourth-order valence-corrected chi connectivity index (χ4v) is 3.14. The molecule has 0 radical (unpaired) electrons. The van der Waals surface area contributed by atoms with Crippen molar-refractivity contribution in [3.63, 3.8) is 0 Å². The summed E-state index contributed by atoms with van der Waals surface area (Å²) >= 11 is 0. The van der Waals surface area contributed by atoms with E-state index in [4.69, 9.17) is 4.74 Å². The Hall–Kier alpha value is -1.09. The fraction of sp³-hybridized carbons (Fsp3) is 0.625. The molecule has 2 nitrogen and oxygen atoms in total. The van der Waals surface area contributed by atoms with Gasteiger partial charge in [0.2, 0.25) is 0 Å². The van der Waals surface area contributed by atoms with Gasteiger partial charge in [-0.05, 0) is 37.3 Å². The summed E-state index contributed by atoms with van der Waals surface area (Å²) < 4.78 is 19.3. The third-order valence-electron chi connectivity index (χ3n) is 4.37. The zero-order chi connectivity index (χ0) is 14.0. The first-order valence-corrected chi connectivity index (χ1v) is 7.04. The highest BCUT2D eigenvalue weighted by molar-refractivity contribution is 5.37. The van der Waals surface area contributed by atoms with Crippen LogP contribution in [0.15, 0.2) is 18.2 Å². The van der Waals surface area contributed by atoms with Crippen molar-refractivity contribution in [2.75, 3.05) is 7.11 Å². The van der Waals surface area contributed by atoms with Crippen LogP contribution in [0.1, 0.15) is 51.6 Å². The van der Waals surface area contributed by atoms with Gasteiger partial charge in [-0.1, -0.05) is 26.3 Å². The van der Waals surface area contributed by atoms with Gasteiger partial charge in [-0.25, -0.2) is 4.39 Å². The summed E-state index contributed by atoms with van der Waals surface area (Å²) in [6, 6.07) is 5.39. The van der Waals surface area contributed by atoms with Crippen molar-refractivity contribution < 1.29 is 9.13 Å². The Bertz CT molecular complexity index is 444. The largest absolute Gasteiger partial charge is 0.496 e. The van der Waals surface area contributed by atoms with Crippen molar-refractivity contribution in [1.29, 1.82) is 0 Å².